The Balaban J connectivity index is 4.18. The minimum Gasteiger partial charge on any atom is -0.294 e. The van der Waals surface area contributed by atoms with Gasteiger partial charge in [-0.1, -0.05) is 5.92 Å². The summed E-state index contributed by atoms with van der Waals surface area (Å²) >= 11 is 0. The van der Waals surface area contributed by atoms with E-state index in [1.165, 1.54) is 0 Å². The van der Waals surface area contributed by atoms with Crippen molar-refractivity contribution in [1.82, 2.24) is 0 Å². The van der Waals surface area contributed by atoms with Gasteiger partial charge in [0.1, 0.15) is 6.61 Å². The van der Waals surface area contributed by atoms with Gasteiger partial charge < -0.3 is 0 Å². The third-order valence-electron chi connectivity index (χ3n) is 0.639. The van der Waals surface area contributed by atoms with Crippen molar-refractivity contribution in [1.29, 1.82) is 0 Å². The molecule has 0 N–H and O–H groups in total. The van der Waals surface area contributed by atoms with Crippen molar-refractivity contribution in [3.8, 4) is 12.3 Å². The normalized spacial score (nSPS) is 12.5. The molecule has 0 aliphatic carbocycles. The highest BCUT2D eigenvalue weighted by Gasteiger charge is 2.24. The molecule has 0 rings (SSSR count). The molecule has 0 radical (unpaired) electrons. The Morgan fingerprint density at radius 2 is 1.92 bits per heavy atom. The number of rotatable bonds is 4. The summed E-state index contributed by atoms with van der Waals surface area (Å²) in [6, 6.07) is 0. The zero-order chi connectivity index (χ0) is 9.83. The summed E-state index contributed by atoms with van der Waals surface area (Å²) in [5.41, 5.74) is 0. The number of terminal acetylenes is 1. The van der Waals surface area contributed by atoms with Crippen molar-refractivity contribution >= 4 is 18.7 Å². The second-order valence-corrected chi connectivity index (χ2v) is 9.01. The van der Waals surface area contributed by atoms with E-state index >= 15 is 0 Å². The summed E-state index contributed by atoms with van der Waals surface area (Å²) in [5, 5.41) is 0. The van der Waals surface area contributed by atoms with E-state index < -0.39 is 18.7 Å². The van der Waals surface area contributed by atoms with E-state index in [0.29, 0.717) is 0 Å². The molecule has 0 aromatic rings. The van der Waals surface area contributed by atoms with Crippen LogP contribution in [0.3, 0.4) is 0 Å². The van der Waals surface area contributed by atoms with Crippen LogP contribution in [0.25, 0.3) is 0 Å². The van der Waals surface area contributed by atoms with Crippen LogP contribution >= 0.6 is 0 Å². The molecule has 0 bridgehead atoms. The zero-order valence-electron chi connectivity index (χ0n) is 7.33. The van der Waals surface area contributed by atoms with Crippen molar-refractivity contribution in [3.05, 3.63) is 0 Å². The Hall–Kier alpha value is -0.353. The fraction of sp³-hybridized carbons (Fsp3) is 0.667. The summed E-state index contributed by atoms with van der Waals surface area (Å²) in [5.74, 6) is 2.04. The molecule has 0 aliphatic heterocycles. The first-order valence-electron chi connectivity index (χ1n) is 3.30. The molecule has 0 aliphatic rings. The average molecular weight is 208 g/mol. The van der Waals surface area contributed by atoms with Gasteiger partial charge in [0.25, 0.3) is 0 Å². The Labute approximate surface area is 74.3 Å². The largest absolute Gasteiger partial charge is 0.391 e. The van der Waals surface area contributed by atoms with E-state index in [4.69, 9.17) is 10.3 Å². The summed E-state index contributed by atoms with van der Waals surface area (Å²) in [7, 11) is -6.01. The lowest BCUT2D eigenvalue weighted by molar-refractivity contribution is 0.304. The van der Waals surface area contributed by atoms with Crippen molar-refractivity contribution in [2.75, 3.05) is 6.61 Å². The molecule has 0 saturated heterocycles. The lowest BCUT2D eigenvalue weighted by Crippen LogP contribution is -2.30. The number of hydrogen-bond acceptors (Lipinski definition) is 4. The molecule has 0 atom stereocenters. The van der Waals surface area contributed by atoms with Crippen LogP contribution in [0.15, 0.2) is 0 Å². The highest BCUT2D eigenvalue weighted by Crippen LogP contribution is 2.08. The van der Waals surface area contributed by atoms with Gasteiger partial charge in [-0.2, -0.15) is 8.42 Å². The van der Waals surface area contributed by atoms with Gasteiger partial charge in [0.15, 0.2) is 0 Å². The molecule has 0 heterocycles. The predicted octanol–water partition coefficient (Wildman–Crippen LogP) is 0.733. The van der Waals surface area contributed by atoms with Gasteiger partial charge >= 0.3 is 10.4 Å². The van der Waals surface area contributed by atoms with Gasteiger partial charge in [-0.25, -0.2) is 4.18 Å². The monoisotopic (exact) mass is 208 g/mol. The Bertz CT molecular complexity index is 269. The second-order valence-electron chi connectivity index (χ2n) is 3.07. The van der Waals surface area contributed by atoms with E-state index in [9.17, 15) is 8.42 Å². The first-order chi connectivity index (χ1) is 5.27. The maximum absolute atomic E-state index is 10.9. The fourth-order valence-corrected chi connectivity index (χ4v) is 3.29. The molecule has 0 saturated carbocycles. The van der Waals surface area contributed by atoms with Gasteiger partial charge in [-0.05, 0) is 19.6 Å². The first kappa shape index (κ1) is 11.6. The summed E-state index contributed by atoms with van der Waals surface area (Å²) in [4.78, 5) is 0. The zero-order valence-corrected chi connectivity index (χ0v) is 9.14. The lowest BCUT2D eigenvalue weighted by atomic mass is 10.8. The van der Waals surface area contributed by atoms with E-state index in [0.717, 1.165) is 0 Å². The van der Waals surface area contributed by atoms with Gasteiger partial charge in [-0.3, -0.25) is 3.87 Å². The molecule has 4 nitrogen and oxygen atoms in total. The highest BCUT2D eigenvalue weighted by molar-refractivity contribution is 7.83. The van der Waals surface area contributed by atoms with Crippen LogP contribution in [0.4, 0.5) is 0 Å². The maximum atomic E-state index is 10.9. The SMILES string of the molecule is C#CCOS(=O)(=O)O[Si](C)(C)C. The summed E-state index contributed by atoms with van der Waals surface area (Å²) < 4.78 is 30.8. The minimum atomic E-state index is -3.88. The molecule has 0 fully saturated rings. The molecule has 0 aromatic carbocycles. The van der Waals surface area contributed by atoms with Crippen LogP contribution in [0, 0.1) is 12.3 Å². The van der Waals surface area contributed by atoms with Crippen molar-refractivity contribution < 1.29 is 16.5 Å². The van der Waals surface area contributed by atoms with Crippen LogP contribution in [0.5, 0.6) is 0 Å². The van der Waals surface area contributed by atoms with Gasteiger partial charge in [0.05, 0.1) is 0 Å². The van der Waals surface area contributed by atoms with Crippen molar-refractivity contribution in [3.63, 3.8) is 0 Å². The first-order valence-corrected chi connectivity index (χ1v) is 8.04. The average Bonchev–Trinajstić information content (AvgIpc) is 1.78. The summed E-state index contributed by atoms with van der Waals surface area (Å²) in [6.07, 6.45) is 4.82. The van der Waals surface area contributed by atoms with Crippen LogP contribution in [0.2, 0.25) is 19.6 Å². The van der Waals surface area contributed by atoms with E-state index in [1.54, 1.807) is 19.6 Å². The smallest absolute Gasteiger partial charge is 0.294 e. The van der Waals surface area contributed by atoms with Crippen molar-refractivity contribution in [2.24, 2.45) is 0 Å². The van der Waals surface area contributed by atoms with Crippen molar-refractivity contribution in [2.45, 2.75) is 19.6 Å². The molecule has 0 spiro atoms. The fourth-order valence-electron chi connectivity index (χ4n) is 0.436. The lowest BCUT2D eigenvalue weighted by Gasteiger charge is -2.14. The molecule has 0 aromatic heterocycles. The van der Waals surface area contributed by atoms with Crippen LogP contribution in [0.1, 0.15) is 0 Å². The van der Waals surface area contributed by atoms with E-state index in [-0.39, 0.29) is 6.61 Å². The van der Waals surface area contributed by atoms with Crippen LogP contribution < -0.4 is 0 Å². The molecule has 12 heavy (non-hydrogen) atoms. The summed E-state index contributed by atoms with van der Waals surface area (Å²) in [6.45, 7) is 4.93. The molecule has 6 heteroatoms. The third-order valence-corrected chi connectivity index (χ3v) is 3.86. The molecule has 0 unspecified atom stereocenters. The quantitative estimate of drug-likeness (QED) is 0.505. The molecular weight excluding hydrogens is 196 g/mol. The Kier molecular flexibility index (Phi) is 3.93. The molecule has 70 valence electrons. The Morgan fingerprint density at radius 1 is 1.42 bits per heavy atom. The van der Waals surface area contributed by atoms with E-state index in [1.807, 2.05) is 5.92 Å². The predicted molar refractivity (Wildman–Crippen MR) is 48.1 cm³/mol. The van der Waals surface area contributed by atoms with Gasteiger partial charge in [-0.15, -0.1) is 6.42 Å². The third kappa shape index (κ3) is 6.36. The molecule has 0 amide bonds. The van der Waals surface area contributed by atoms with Gasteiger partial charge in [0.2, 0.25) is 8.32 Å². The number of hydrogen-bond donors (Lipinski definition) is 0. The topological polar surface area (TPSA) is 52.6 Å². The minimum absolute atomic E-state index is 0.285. The highest BCUT2D eigenvalue weighted by atomic mass is 32.3. The second kappa shape index (κ2) is 4.05. The van der Waals surface area contributed by atoms with E-state index in [2.05, 4.69) is 4.18 Å². The Morgan fingerprint density at radius 3 is 2.25 bits per heavy atom. The molecular formula is C6H12O4SSi. The van der Waals surface area contributed by atoms with Gasteiger partial charge in [0, 0.05) is 0 Å². The maximum Gasteiger partial charge on any atom is 0.391 e. The van der Waals surface area contributed by atoms with Crippen LogP contribution in [-0.4, -0.2) is 23.3 Å². The van der Waals surface area contributed by atoms with Crippen LogP contribution in [-0.2, 0) is 18.5 Å². The standard InChI is InChI=1S/C6H12O4SSi/c1-5-6-9-11(7,8)10-12(2,3)4/h1H,6H2,2-4H3.